The Kier molecular flexibility index (Phi) is 4.82. The molecule has 146 valence electrons. The summed E-state index contributed by atoms with van der Waals surface area (Å²) in [5.41, 5.74) is 1.98. The molecule has 1 N–H and O–H groups in total. The molecule has 4 aromatic rings. The highest BCUT2D eigenvalue weighted by Gasteiger charge is 2.11. The lowest BCUT2D eigenvalue weighted by atomic mass is 10.2. The monoisotopic (exact) mass is 392 g/mol. The zero-order chi connectivity index (χ0) is 20.4. The topological polar surface area (TPSA) is 80.6 Å². The highest BCUT2D eigenvalue weighted by Crippen LogP contribution is 2.30. The number of halogens is 1. The highest BCUT2D eigenvalue weighted by molar-refractivity contribution is 5.82. The van der Waals surface area contributed by atoms with Crippen LogP contribution in [-0.4, -0.2) is 34.2 Å². The predicted molar refractivity (Wildman–Crippen MR) is 107 cm³/mol. The molecular weight excluding hydrogens is 375 g/mol. The van der Waals surface area contributed by atoms with Crippen molar-refractivity contribution >= 4 is 22.3 Å². The summed E-state index contributed by atoms with van der Waals surface area (Å²) in [5, 5.41) is 10.5. The van der Waals surface area contributed by atoms with E-state index in [0.29, 0.717) is 22.3 Å². The molecule has 0 saturated carbocycles. The molecule has 0 atom stereocenters. The fourth-order valence-corrected chi connectivity index (χ4v) is 2.85. The number of anilines is 2. The van der Waals surface area contributed by atoms with Crippen molar-refractivity contribution < 1.29 is 19.0 Å². The minimum atomic E-state index is -0.431. The third-order valence-electron chi connectivity index (χ3n) is 4.41. The van der Waals surface area contributed by atoms with E-state index >= 15 is 0 Å². The van der Waals surface area contributed by atoms with E-state index in [0.717, 1.165) is 5.69 Å². The third kappa shape index (κ3) is 3.73. The average Bonchev–Trinajstić information content (AvgIpc) is 2.74. The number of fused-ring (bicyclic) bond motifs is 1. The van der Waals surface area contributed by atoms with Crippen LogP contribution in [0.5, 0.6) is 23.4 Å². The van der Waals surface area contributed by atoms with Gasteiger partial charge in [0.05, 0.1) is 24.2 Å². The molecule has 0 saturated heterocycles. The molecule has 0 spiro atoms. The number of rotatable bonds is 5. The SMILES string of the molecule is COc1ccc(N(C)c2ccc(Oc3nc(O)c4ccncc4n3)cc2)cc1F. The zero-order valence-electron chi connectivity index (χ0n) is 15.7. The quantitative estimate of drug-likeness (QED) is 0.538. The summed E-state index contributed by atoms with van der Waals surface area (Å²) < 4.78 is 24.6. The van der Waals surface area contributed by atoms with Crippen LogP contribution < -0.4 is 14.4 Å². The summed E-state index contributed by atoms with van der Waals surface area (Å²) >= 11 is 0. The van der Waals surface area contributed by atoms with Crippen LogP contribution in [0.4, 0.5) is 15.8 Å². The van der Waals surface area contributed by atoms with Gasteiger partial charge in [0.2, 0.25) is 5.88 Å². The Morgan fingerprint density at radius 1 is 1.00 bits per heavy atom. The van der Waals surface area contributed by atoms with Gasteiger partial charge in [-0.15, -0.1) is 0 Å². The van der Waals surface area contributed by atoms with E-state index in [1.165, 1.54) is 19.4 Å². The van der Waals surface area contributed by atoms with Crippen LogP contribution in [0.15, 0.2) is 60.9 Å². The number of aromatic nitrogens is 3. The maximum Gasteiger partial charge on any atom is 0.325 e. The summed E-state index contributed by atoms with van der Waals surface area (Å²) in [6, 6.07) is 13.5. The Bertz CT molecular complexity index is 1170. The standard InChI is InChI=1S/C21H17FN4O3/c1-26(14-5-8-19(28-2)17(22)11-14)13-3-6-15(7-4-13)29-21-24-18-12-23-10-9-16(18)20(27)25-21/h3-12H,1-2H3,(H,24,25,27). The number of benzene rings is 2. The summed E-state index contributed by atoms with van der Waals surface area (Å²) in [6.45, 7) is 0. The number of aromatic hydroxyl groups is 1. The van der Waals surface area contributed by atoms with Crippen molar-refractivity contribution in [3.05, 3.63) is 66.7 Å². The van der Waals surface area contributed by atoms with E-state index in [9.17, 15) is 9.50 Å². The van der Waals surface area contributed by atoms with E-state index in [1.54, 1.807) is 36.5 Å². The van der Waals surface area contributed by atoms with Crippen molar-refractivity contribution in [2.45, 2.75) is 0 Å². The molecule has 0 unspecified atom stereocenters. The van der Waals surface area contributed by atoms with Gasteiger partial charge in [-0.3, -0.25) is 4.98 Å². The fraction of sp³-hybridized carbons (Fsp3) is 0.0952. The van der Waals surface area contributed by atoms with E-state index < -0.39 is 5.82 Å². The number of hydrogen-bond donors (Lipinski definition) is 1. The molecule has 2 aromatic heterocycles. The van der Waals surface area contributed by atoms with Crippen LogP contribution in [0, 0.1) is 5.82 Å². The van der Waals surface area contributed by atoms with E-state index in [-0.39, 0.29) is 17.6 Å². The number of pyridine rings is 1. The van der Waals surface area contributed by atoms with Gasteiger partial charge < -0.3 is 19.5 Å². The second-order valence-electron chi connectivity index (χ2n) is 6.20. The van der Waals surface area contributed by atoms with Crippen molar-refractivity contribution in [1.82, 2.24) is 15.0 Å². The Hall–Kier alpha value is -3.94. The number of nitrogens with zero attached hydrogens (tertiary/aromatic N) is 4. The first kappa shape index (κ1) is 18.4. The Labute approximate surface area is 166 Å². The lowest BCUT2D eigenvalue weighted by molar-refractivity contribution is 0.386. The summed E-state index contributed by atoms with van der Waals surface area (Å²) in [6.07, 6.45) is 3.07. The molecule has 0 fully saturated rings. The zero-order valence-corrected chi connectivity index (χ0v) is 15.7. The van der Waals surface area contributed by atoms with Gasteiger partial charge in [0.15, 0.2) is 11.6 Å². The van der Waals surface area contributed by atoms with E-state index in [4.69, 9.17) is 9.47 Å². The summed E-state index contributed by atoms with van der Waals surface area (Å²) in [7, 11) is 3.25. The molecule has 0 aliphatic rings. The van der Waals surface area contributed by atoms with Gasteiger partial charge in [-0.25, -0.2) is 4.39 Å². The third-order valence-corrected chi connectivity index (χ3v) is 4.41. The second kappa shape index (κ2) is 7.59. The largest absolute Gasteiger partial charge is 0.494 e. The van der Waals surface area contributed by atoms with Gasteiger partial charge in [0.25, 0.3) is 0 Å². The lowest BCUT2D eigenvalue weighted by Crippen LogP contribution is -2.09. The van der Waals surface area contributed by atoms with E-state index in [1.807, 2.05) is 24.1 Å². The van der Waals surface area contributed by atoms with Gasteiger partial charge in [-0.2, -0.15) is 9.97 Å². The normalized spacial score (nSPS) is 10.7. The molecule has 4 rings (SSSR count). The van der Waals surface area contributed by atoms with Crippen LogP contribution in [0.3, 0.4) is 0 Å². The second-order valence-corrected chi connectivity index (χ2v) is 6.20. The van der Waals surface area contributed by atoms with Crippen LogP contribution >= 0.6 is 0 Å². The first-order valence-corrected chi connectivity index (χ1v) is 8.71. The number of methoxy groups -OCH3 is 1. The van der Waals surface area contributed by atoms with Crippen molar-refractivity contribution in [2.24, 2.45) is 0 Å². The maximum absolute atomic E-state index is 14.0. The van der Waals surface area contributed by atoms with Gasteiger partial charge in [-0.1, -0.05) is 0 Å². The lowest BCUT2D eigenvalue weighted by Gasteiger charge is -2.20. The van der Waals surface area contributed by atoms with Gasteiger partial charge in [-0.05, 0) is 42.5 Å². The van der Waals surface area contributed by atoms with Crippen LogP contribution in [-0.2, 0) is 0 Å². The van der Waals surface area contributed by atoms with Gasteiger partial charge in [0, 0.05) is 30.7 Å². The molecule has 7 nitrogen and oxygen atoms in total. The molecule has 0 aliphatic carbocycles. The predicted octanol–water partition coefficient (Wildman–Crippen LogP) is 4.44. The molecule has 0 bridgehead atoms. The minimum absolute atomic E-state index is 0.0151. The van der Waals surface area contributed by atoms with E-state index in [2.05, 4.69) is 15.0 Å². The van der Waals surface area contributed by atoms with Crippen LogP contribution in [0.25, 0.3) is 10.9 Å². The van der Waals surface area contributed by atoms with Crippen molar-refractivity contribution in [3.8, 4) is 23.4 Å². The molecule has 8 heteroatoms. The first-order chi connectivity index (χ1) is 14.0. The number of ether oxygens (including phenoxy) is 2. The van der Waals surface area contributed by atoms with Crippen molar-refractivity contribution in [1.29, 1.82) is 0 Å². The molecule has 29 heavy (non-hydrogen) atoms. The summed E-state index contributed by atoms with van der Waals surface area (Å²) in [4.78, 5) is 14.0. The molecule has 2 aromatic carbocycles. The molecular formula is C21H17FN4O3. The summed E-state index contributed by atoms with van der Waals surface area (Å²) in [5.74, 6) is 0.0790. The minimum Gasteiger partial charge on any atom is -0.494 e. The highest BCUT2D eigenvalue weighted by atomic mass is 19.1. The Balaban J connectivity index is 1.54. The van der Waals surface area contributed by atoms with Gasteiger partial charge in [0.1, 0.15) is 5.75 Å². The fourth-order valence-electron chi connectivity index (χ4n) is 2.85. The molecule has 0 amide bonds. The molecule has 0 aliphatic heterocycles. The smallest absolute Gasteiger partial charge is 0.325 e. The van der Waals surface area contributed by atoms with Crippen LogP contribution in [0.2, 0.25) is 0 Å². The average molecular weight is 392 g/mol. The molecule has 0 radical (unpaired) electrons. The van der Waals surface area contributed by atoms with Gasteiger partial charge >= 0.3 is 6.01 Å². The Morgan fingerprint density at radius 3 is 2.48 bits per heavy atom. The van der Waals surface area contributed by atoms with Crippen molar-refractivity contribution in [2.75, 3.05) is 19.1 Å². The van der Waals surface area contributed by atoms with Crippen molar-refractivity contribution in [3.63, 3.8) is 0 Å². The number of hydrogen-bond acceptors (Lipinski definition) is 7. The first-order valence-electron chi connectivity index (χ1n) is 8.71. The Morgan fingerprint density at radius 2 is 1.76 bits per heavy atom. The molecule has 2 heterocycles. The maximum atomic E-state index is 14.0. The van der Waals surface area contributed by atoms with Crippen LogP contribution in [0.1, 0.15) is 0 Å².